The molecule has 94 valence electrons. The molecular formula is C13H21N3O. The molecule has 1 unspecified atom stereocenters. The van der Waals surface area contributed by atoms with Gasteiger partial charge in [-0.3, -0.25) is 9.78 Å². The molecule has 0 aliphatic carbocycles. The Morgan fingerprint density at radius 1 is 1.59 bits per heavy atom. The Kier molecular flexibility index (Phi) is 4.63. The molecule has 4 heteroatoms. The fourth-order valence-electron chi connectivity index (χ4n) is 1.45. The predicted molar refractivity (Wildman–Crippen MR) is 68.5 cm³/mol. The van der Waals surface area contributed by atoms with Crippen molar-refractivity contribution in [1.82, 2.24) is 10.3 Å². The highest BCUT2D eigenvalue weighted by Crippen LogP contribution is 2.20. The molecule has 17 heavy (non-hydrogen) atoms. The predicted octanol–water partition coefficient (Wildman–Crippen LogP) is 1.07. The van der Waals surface area contributed by atoms with Crippen LogP contribution >= 0.6 is 0 Å². The zero-order valence-electron chi connectivity index (χ0n) is 10.7. The summed E-state index contributed by atoms with van der Waals surface area (Å²) in [6, 6.07) is 3.92. The highest BCUT2D eigenvalue weighted by atomic mass is 16.1. The first-order chi connectivity index (χ1) is 7.97. The summed E-state index contributed by atoms with van der Waals surface area (Å²) >= 11 is 0. The van der Waals surface area contributed by atoms with E-state index in [0.29, 0.717) is 13.1 Å². The van der Waals surface area contributed by atoms with E-state index in [2.05, 4.69) is 24.1 Å². The summed E-state index contributed by atoms with van der Waals surface area (Å²) in [6.07, 6.45) is 3.58. The normalized spacial score (nSPS) is 13.2. The van der Waals surface area contributed by atoms with Crippen molar-refractivity contribution in [2.45, 2.75) is 26.2 Å². The molecule has 0 saturated heterocycles. The molecule has 1 heterocycles. The minimum atomic E-state index is -0.139. The minimum absolute atomic E-state index is 0.00413. The van der Waals surface area contributed by atoms with Crippen LogP contribution in [0.25, 0.3) is 0 Å². The van der Waals surface area contributed by atoms with Gasteiger partial charge in [-0.15, -0.1) is 0 Å². The summed E-state index contributed by atoms with van der Waals surface area (Å²) in [4.78, 5) is 15.7. The van der Waals surface area contributed by atoms with Gasteiger partial charge in [-0.2, -0.15) is 0 Å². The third-order valence-electron chi connectivity index (χ3n) is 2.95. The summed E-state index contributed by atoms with van der Waals surface area (Å²) in [6.45, 7) is 6.95. The van der Waals surface area contributed by atoms with E-state index in [1.807, 2.05) is 25.3 Å². The molecule has 0 fully saturated rings. The second-order valence-corrected chi connectivity index (χ2v) is 4.98. The average Bonchev–Trinajstić information content (AvgIpc) is 2.36. The number of carbonyl (C=O) groups excluding carboxylic acids is 1. The van der Waals surface area contributed by atoms with Gasteiger partial charge in [-0.25, -0.2) is 0 Å². The molecular weight excluding hydrogens is 214 g/mol. The van der Waals surface area contributed by atoms with E-state index < -0.39 is 0 Å². The number of aromatic nitrogens is 1. The lowest BCUT2D eigenvalue weighted by Gasteiger charge is -2.25. The molecule has 0 aliphatic rings. The Labute approximate surface area is 103 Å². The van der Waals surface area contributed by atoms with E-state index in [4.69, 9.17) is 5.73 Å². The first-order valence-electron chi connectivity index (χ1n) is 5.85. The van der Waals surface area contributed by atoms with Crippen molar-refractivity contribution in [2.24, 2.45) is 11.7 Å². The monoisotopic (exact) mass is 235 g/mol. The van der Waals surface area contributed by atoms with Gasteiger partial charge in [0.15, 0.2) is 0 Å². The van der Waals surface area contributed by atoms with Gasteiger partial charge in [0.2, 0.25) is 5.91 Å². The van der Waals surface area contributed by atoms with Crippen LogP contribution in [0.3, 0.4) is 0 Å². The highest BCUT2D eigenvalue weighted by Gasteiger charge is 2.22. The maximum Gasteiger partial charge on any atom is 0.224 e. The lowest BCUT2D eigenvalue weighted by atomic mass is 9.85. The van der Waals surface area contributed by atoms with Gasteiger partial charge in [0, 0.05) is 36.8 Å². The van der Waals surface area contributed by atoms with Crippen molar-refractivity contribution in [3.8, 4) is 0 Å². The molecule has 0 radical (unpaired) electrons. The fourth-order valence-corrected chi connectivity index (χ4v) is 1.45. The molecule has 1 atom stereocenters. The van der Waals surface area contributed by atoms with Crippen molar-refractivity contribution in [2.75, 3.05) is 13.1 Å². The van der Waals surface area contributed by atoms with Gasteiger partial charge < -0.3 is 11.1 Å². The van der Waals surface area contributed by atoms with Crippen molar-refractivity contribution >= 4 is 5.91 Å². The van der Waals surface area contributed by atoms with Gasteiger partial charge in [0.05, 0.1) is 0 Å². The quantitative estimate of drug-likeness (QED) is 0.802. The number of amides is 1. The number of hydrogen-bond donors (Lipinski definition) is 2. The van der Waals surface area contributed by atoms with E-state index in [1.54, 1.807) is 6.20 Å². The lowest BCUT2D eigenvalue weighted by molar-refractivity contribution is -0.124. The number of nitrogens with zero attached hydrogens (tertiary/aromatic N) is 1. The number of pyridine rings is 1. The number of carbonyl (C=O) groups is 1. The molecule has 0 aliphatic heterocycles. The maximum absolute atomic E-state index is 11.6. The number of hydrogen-bond acceptors (Lipinski definition) is 3. The van der Waals surface area contributed by atoms with Crippen LogP contribution in [0.1, 0.15) is 26.3 Å². The Bertz CT molecular complexity index is 362. The van der Waals surface area contributed by atoms with Crippen LogP contribution in [0.5, 0.6) is 0 Å². The fraction of sp³-hybridized carbons (Fsp3) is 0.538. The van der Waals surface area contributed by atoms with Crippen LogP contribution in [0.15, 0.2) is 24.5 Å². The number of nitrogens with two attached hydrogens (primary N) is 1. The smallest absolute Gasteiger partial charge is 0.224 e. The standard InChI is InChI=1S/C13H21N3O/c1-10(7-14)12(17)16-9-13(2,3)11-5-4-6-15-8-11/h4-6,8,10H,7,9,14H2,1-3H3,(H,16,17). The van der Waals surface area contributed by atoms with Crippen molar-refractivity contribution in [1.29, 1.82) is 0 Å². The molecule has 4 nitrogen and oxygen atoms in total. The van der Waals surface area contributed by atoms with E-state index >= 15 is 0 Å². The topological polar surface area (TPSA) is 68.0 Å². The van der Waals surface area contributed by atoms with E-state index in [1.165, 1.54) is 0 Å². The van der Waals surface area contributed by atoms with Crippen molar-refractivity contribution in [3.63, 3.8) is 0 Å². The Hall–Kier alpha value is -1.42. The first-order valence-corrected chi connectivity index (χ1v) is 5.85. The summed E-state index contributed by atoms with van der Waals surface area (Å²) in [7, 11) is 0. The van der Waals surface area contributed by atoms with Crippen LogP contribution in [0, 0.1) is 5.92 Å². The Morgan fingerprint density at radius 3 is 2.82 bits per heavy atom. The molecule has 1 rings (SSSR count). The second kappa shape index (κ2) is 5.77. The molecule has 0 saturated carbocycles. The number of nitrogens with one attached hydrogen (secondary N) is 1. The van der Waals surface area contributed by atoms with Crippen LogP contribution in [0.4, 0.5) is 0 Å². The van der Waals surface area contributed by atoms with Crippen LogP contribution < -0.4 is 11.1 Å². The van der Waals surface area contributed by atoms with Crippen molar-refractivity contribution < 1.29 is 4.79 Å². The van der Waals surface area contributed by atoms with Gasteiger partial charge >= 0.3 is 0 Å². The molecule has 1 amide bonds. The molecule has 0 spiro atoms. The van der Waals surface area contributed by atoms with Crippen LogP contribution in [0.2, 0.25) is 0 Å². The molecule has 0 bridgehead atoms. The summed E-state index contributed by atoms with van der Waals surface area (Å²) < 4.78 is 0. The van der Waals surface area contributed by atoms with Crippen LogP contribution in [-0.4, -0.2) is 24.0 Å². The van der Waals surface area contributed by atoms with Crippen LogP contribution in [-0.2, 0) is 10.2 Å². The van der Waals surface area contributed by atoms with E-state index in [-0.39, 0.29) is 17.2 Å². The molecule has 3 N–H and O–H groups in total. The zero-order chi connectivity index (χ0) is 12.9. The van der Waals surface area contributed by atoms with Gasteiger partial charge in [-0.1, -0.05) is 26.8 Å². The van der Waals surface area contributed by atoms with E-state index in [0.717, 1.165) is 5.56 Å². The first kappa shape index (κ1) is 13.6. The van der Waals surface area contributed by atoms with Crippen molar-refractivity contribution in [3.05, 3.63) is 30.1 Å². The number of rotatable bonds is 5. The third-order valence-corrected chi connectivity index (χ3v) is 2.95. The largest absolute Gasteiger partial charge is 0.355 e. The summed E-state index contributed by atoms with van der Waals surface area (Å²) in [5.41, 5.74) is 6.44. The second-order valence-electron chi connectivity index (χ2n) is 4.98. The average molecular weight is 235 g/mol. The molecule has 0 aromatic carbocycles. The highest BCUT2D eigenvalue weighted by molar-refractivity contribution is 5.78. The molecule has 1 aromatic rings. The van der Waals surface area contributed by atoms with E-state index in [9.17, 15) is 4.79 Å². The lowest BCUT2D eigenvalue weighted by Crippen LogP contribution is -2.40. The maximum atomic E-state index is 11.6. The summed E-state index contributed by atoms with van der Waals surface area (Å²) in [5.74, 6) is -0.135. The minimum Gasteiger partial charge on any atom is -0.355 e. The zero-order valence-corrected chi connectivity index (χ0v) is 10.7. The van der Waals surface area contributed by atoms with Gasteiger partial charge in [-0.05, 0) is 11.6 Å². The Morgan fingerprint density at radius 2 is 2.29 bits per heavy atom. The summed E-state index contributed by atoms with van der Waals surface area (Å²) in [5, 5.41) is 2.93. The molecule has 1 aromatic heterocycles. The Balaban J connectivity index is 2.59. The van der Waals surface area contributed by atoms with Gasteiger partial charge in [0.25, 0.3) is 0 Å². The van der Waals surface area contributed by atoms with Gasteiger partial charge in [0.1, 0.15) is 0 Å². The third kappa shape index (κ3) is 3.82. The SMILES string of the molecule is CC(CN)C(=O)NCC(C)(C)c1cccnc1.